The quantitative estimate of drug-likeness (QED) is 0.267. The molecule has 0 aliphatic carbocycles. The minimum Gasteiger partial charge on any atom is -0.497 e. The van der Waals surface area contributed by atoms with Crippen LogP contribution in [0.25, 0.3) is 11.3 Å². The number of rotatable bonds is 8. The molecule has 6 rings (SSSR count). The molecule has 1 amide bonds. The second-order valence-electron chi connectivity index (χ2n) is 9.25. The Morgan fingerprint density at radius 1 is 0.789 bits per heavy atom. The maximum atomic E-state index is 13.7. The number of nitrogens with zero attached hydrogens (tertiary/aromatic N) is 2. The van der Waals surface area contributed by atoms with Crippen LogP contribution in [0, 0.1) is 0 Å². The summed E-state index contributed by atoms with van der Waals surface area (Å²) in [5.74, 6) is 1.48. The van der Waals surface area contributed by atoms with Gasteiger partial charge in [-0.3, -0.25) is 9.89 Å². The number of ether oxygens (including phenoxy) is 2. The van der Waals surface area contributed by atoms with E-state index in [1.165, 1.54) is 0 Å². The van der Waals surface area contributed by atoms with Crippen LogP contribution in [-0.4, -0.2) is 28.1 Å². The normalized spacial score (nSPS) is 14.4. The van der Waals surface area contributed by atoms with Gasteiger partial charge in [-0.1, -0.05) is 72.8 Å². The Morgan fingerprint density at radius 3 is 2.08 bits per heavy atom. The standard InChI is InChI=1S/C32H27N3O3/c1-37-26-16-12-24(13-17-26)29-28-30(34-33-29)32(36)35(20-22-8-4-2-5-9-22)31(28)25-14-18-27(19-15-25)38-21-23-10-6-3-7-11-23/h2-19,31H,20-21H2,1H3,(H,33,34). The predicted molar refractivity (Wildman–Crippen MR) is 146 cm³/mol. The number of hydrogen-bond acceptors (Lipinski definition) is 4. The van der Waals surface area contributed by atoms with Crippen LogP contribution in [0.4, 0.5) is 0 Å². The number of carbonyl (C=O) groups is 1. The minimum atomic E-state index is -0.295. The molecule has 0 spiro atoms. The zero-order valence-corrected chi connectivity index (χ0v) is 21.0. The molecule has 2 heterocycles. The van der Waals surface area contributed by atoms with E-state index in [2.05, 4.69) is 10.2 Å². The Labute approximate surface area is 221 Å². The van der Waals surface area contributed by atoms with Gasteiger partial charge in [-0.2, -0.15) is 5.10 Å². The lowest BCUT2D eigenvalue weighted by atomic mass is 9.95. The van der Waals surface area contributed by atoms with E-state index < -0.39 is 0 Å². The van der Waals surface area contributed by atoms with E-state index in [-0.39, 0.29) is 11.9 Å². The first kappa shape index (κ1) is 23.6. The average molecular weight is 502 g/mol. The number of fused-ring (bicyclic) bond motifs is 1. The van der Waals surface area contributed by atoms with Crippen molar-refractivity contribution in [1.29, 1.82) is 0 Å². The van der Waals surface area contributed by atoms with Crippen molar-refractivity contribution in [2.75, 3.05) is 7.11 Å². The van der Waals surface area contributed by atoms with E-state index in [1.54, 1.807) is 7.11 Å². The number of methoxy groups -OCH3 is 1. The summed E-state index contributed by atoms with van der Waals surface area (Å²) in [6.07, 6.45) is 0. The van der Waals surface area contributed by atoms with Gasteiger partial charge >= 0.3 is 0 Å². The Bertz CT molecular complexity index is 1530. The van der Waals surface area contributed by atoms with Crippen molar-refractivity contribution in [2.24, 2.45) is 0 Å². The third-order valence-corrected chi connectivity index (χ3v) is 6.87. The van der Waals surface area contributed by atoms with E-state index in [9.17, 15) is 4.79 Å². The first-order valence-corrected chi connectivity index (χ1v) is 12.6. The van der Waals surface area contributed by atoms with Gasteiger partial charge in [-0.25, -0.2) is 0 Å². The number of hydrogen-bond donors (Lipinski definition) is 1. The van der Waals surface area contributed by atoms with Crippen molar-refractivity contribution in [3.8, 4) is 22.8 Å². The Kier molecular flexibility index (Phi) is 6.36. The molecule has 0 bridgehead atoms. The topological polar surface area (TPSA) is 67.5 Å². The number of nitrogens with one attached hydrogen (secondary N) is 1. The second kappa shape index (κ2) is 10.3. The molecule has 6 heteroatoms. The fourth-order valence-corrected chi connectivity index (χ4v) is 4.94. The van der Waals surface area contributed by atoms with Crippen molar-refractivity contribution in [3.05, 3.63) is 137 Å². The maximum Gasteiger partial charge on any atom is 0.273 e. The summed E-state index contributed by atoms with van der Waals surface area (Å²) in [5, 5.41) is 7.61. The number of benzene rings is 4. The largest absolute Gasteiger partial charge is 0.497 e. The van der Waals surface area contributed by atoms with E-state index in [0.717, 1.165) is 45.0 Å². The molecule has 0 radical (unpaired) electrons. The molecule has 38 heavy (non-hydrogen) atoms. The molecule has 5 aromatic rings. The summed E-state index contributed by atoms with van der Waals surface area (Å²) in [7, 11) is 1.64. The van der Waals surface area contributed by atoms with Crippen molar-refractivity contribution in [2.45, 2.75) is 19.2 Å². The van der Waals surface area contributed by atoms with Crippen molar-refractivity contribution < 1.29 is 14.3 Å². The molecule has 0 saturated carbocycles. The van der Waals surface area contributed by atoms with Gasteiger partial charge in [0.15, 0.2) is 0 Å². The summed E-state index contributed by atoms with van der Waals surface area (Å²) < 4.78 is 11.3. The SMILES string of the molecule is COc1ccc(-c2n[nH]c3c2C(c2ccc(OCc4ccccc4)cc2)N(Cc2ccccc2)C3=O)cc1. The van der Waals surface area contributed by atoms with Crippen LogP contribution in [0.2, 0.25) is 0 Å². The minimum absolute atomic E-state index is 0.0643. The molecule has 6 nitrogen and oxygen atoms in total. The molecule has 1 N–H and O–H groups in total. The Balaban J connectivity index is 1.35. The van der Waals surface area contributed by atoms with Crippen LogP contribution in [0.3, 0.4) is 0 Å². The lowest BCUT2D eigenvalue weighted by Gasteiger charge is -2.26. The van der Waals surface area contributed by atoms with E-state index in [0.29, 0.717) is 18.8 Å². The zero-order chi connectivity index (χ0) is 25.9. The van der Waals surface area contributed by atoms with Crippen LogP contribution in [0.5, 0.6) is 11.5 Å². The van der Waals surface area contributed by atoms with Crippen molar-refractivity contribution in [3.63, 3.8) is 0 Å². The van der Waals surface area contributed by atoms with Crippen LogP contribution < -0.4 is 9.47 Å². The summed E-state index contributed by atoms with van der Waals surface area (Å²) in [6, 6.07) is 35.6. The first-order valence-electron chi connectivity index (χ1n) is 12.6. The molecule has 1 aromatic heterocycles. The van der Waals surface area contributed by atoms with Gasteiger partial charge in [-0.05, 0) is 53.1 Å². The summed E-state index contributed by atoms with van der Waals surface area (Å²) >= 11 is 0. The third-order valence-electron chi connectivity index (χ3n) is 6.87. The Morgan fingerprint density at radius 2 is 1.42 bits per heavy atom. The summed E-state index contributed by atoms with van der Waals surface area (Å²) in [6.45, 7) is 0.983. The summed E-state index contributed by atoms with van der Waals surface area (Å²) in [5.41, 5.74) is 6.27. The maximum absolute atomic E-state index is 13.7. The van der Waals surface area contributed by atoms with Crippen LogP contribution >= 0.6 is 0 Å². The van der Waals surface area contributed by atoms with E-state index in [4.69, 9.17) is 9.47 Å². The van der Waals surface area contributed by atoms with Crippen LogP contribution in [0.15, 0.2) is 109 Å². The molecule has 1 aliphatic rings. The fraction of sp³-hybridized carbons (Fsp3) is 0.125. The molecule has 1 atom stereocenters. The highest BCUT2D eigenvalue weighted by molar-refractivity contribution is 6.00. The zero-order valence-electron chi connectivity index (χ0n) is 21.0. The molecule has 0 saturated heterocycles. The number of aromatic nitrogens is 2. The third kappa shape index (κ3) is 4.52. The van der Waals surface area contributed by atoms with Crippen LogP contribution in [0.1, 0.15) is 38.8 Å². The number of amides is 1. The van der Waals surface area contributed by atoms with E-state index >= 15 is 0 Å². The van der Waals surface area contributed by atoms with Gasteiger partial charge in [0.2, 0.25) is 0 Å². The lowest BCUT2D eigenvalue weighted by molar-refractivity contribution is 0.0730. The molecule has 1 unspecified atom stereocenters. The van der Waals surface area contributed by atoms with Crippen molar-refractivity contribution >= 4 is 5.91 Å². The van der Waals surface area contributed by atoms with Crippen molar-refractivity contribution in [1.82, 2.24) is 15.1 Å². The van der Waals surface area contributed by atoms with Gasteiger partial charge in [0, 0.05) is 17.7 Å². The van der Waals surface area contributed by atoms with Gasteiger partial charge in [0.05, 0.1) is 18.8 Å². The lowest BCUT2D eigenvalue weighted by Crippen LogP contribution is -2.29. The van der Waals surface area contributed by atoms with Gasteiger partial charge in [0.1, 0.15) is 23.8 Å². The van der Waals surface area contributed by atoms with Gasteiger partial charge in [-0.15, -0.1) is 0 Å². The fourth-order valence-electron chi connectivity index (χ4n) is 4.94. The molecule has 1 aliphatic heterocycles. The van der Waals surface area contributed by atoms with E-state index in [1.807, 2.05) is 114 Å². The summed E-state index contributed by atoms with van der Waals surface area (Å²) in [4.78, 5) is 15.6. The monoisotopic (exact) mass is 501 g/mol. The predicted octanol–water partition coefficient (Wildman–Crippen LogP) is 6.41. The first-order chi connectivity index (χ1) is 18.7. The second-order valence-corrected chi connectivity index (χ2v) is 9.25. The number of aromatic amines is 1. The highest BCUT2D eigenvalue weighted by Crippen LogP contribution is 2.44. The van der Waals surface area contributed by atoms with Gasteiger partial charge < -0.3 is 14.4 Å². The molecule has 188 valence electrons. The highest BCUT2D eigenvalue weighted by atomic mass is 16.5. The molecule has 0 fully saturated rings. The molecule has 4 aromatic carbocycles. The highest BCUT2D eigenvalue weighted by Gasteiger charge is 2.42. The average Bonchev–Trinajstić information content (AvgIpc) is 3.52. The van der Waals surface area contributed by atoms with Crippen LogP contribution in [-0.2, 0) is 13.2 Å². The number of H-pyrrole nitrogens is 1. The van der Waals surface area contributed by atoms with Gasteiger partial charge in [0.25, 0.3) is 5.91 Å². The molecular weight excluding hydrogens is 474 g/mol. The smallest absolute Gasteiger partial charge is 0.273 e. The molecular formula is C32H27N3O3. The Hall–Kier alpha value is -4.84. The number of carbonyl (C=O) groups excluding carboxylic acids is 1.